The zero-order valence-electron chi connectivity index (χ0n) is 11.0. The molecule has 0 amide bonds. The molecule has 0 aliphatic heterocycles. The fraction of sp³-hybridized carbons (Fsp3) is 0.462. The van der Waals surface area contributed by atoms with E-state index in [1.807, 2.05) is 0 Å². The van der Waals surface area contributed by atoms with Gasteiger partial charge in [0.15, 0.2) is 0 Å². The van der Waals surface area contributed by atoms with Crippen LogP contribution in [0, 0.1) is 12.7 Å². The van der Waals surface area contributed by atoms with Crippen molar-refractivity contribution in [3.8, 4) is 0 Å². The molecule has 1 saturated carbocycles. The van der Waals surface area contributed by atoms with Gasteiger partial charge in [0.05, 0.1) is 4.90 Å². The number of nitrogens with one attached hydrogen (secondary N) is 1. The first-order chi connectivity index (χ1) is 9.27. The number of carboxylic acids is 1. The van der Waals surface area contributed by atoms with Crippen molar-refractivity contribution < 1.29 is 22.7 Å². The van der Waals surface area contributed by atoms with E-state index >= 15 is 0 Å². The molecule has 7 heteroatoms. The first-order valence-electron chi connectivity index (χ1n) is 6.30. The highest BCUT2D eigenvalue weighted by molar-refractivity contribution is 7.89. The van der Waals surface area contributed by atoms with E-state index in [9.17, 15) is 22.7 Å². The predicted octanol–water partition coefficient (Wildman–Crippen LogP) is 1.81. The minimum absolute atomic E-state index is 0.218. The van der Waals surface area contributed by atoms with E-state index in [0.717, 1.165) is 12.1 Å². The molecule has 0 unspecified atom stereocenters. The Labute approximate surface area is 116 Å². The summed E-state index contributed by atoms with van der Waals surface area (Å²) in [6.45, 7) is 1.54. The number of aryl methyl sites for hydroxylation is 1. The zero-order valence-corrected chi connectivity index (χ0v) is 11.8. The Morgan fingerprint density at radius 1 is 1.35 bits per heavy atom. The van der Waals surface area contributed by atoms with Gasteiger partial charge >= 0.3 is 5.97 Å². The third-order valence-corrected chi connectivity index (χ3v) is 5.31. The topological polar surface area (TPSA) is 83.5 Å². The lowest BCUT2D eigenvalue weighted by atomic mass is 10.0. The van der Waals surface area contributed by atoms with Gasteiger partial charge in [-0.05, 0) is 37.5 Å². The molecule has 1 fully saturated rings. The maximum absolute atomic E-state index is 13.2. The zero-order chi connectivity index (χ0) is 15.0. The van der Waals surface area contributed by atoms with Gasteiger partial charge in [0.2, 0.25) is 10.0 Å². The second kappa shape index (κ2) is 5.14. The number of benzene rings is 1. The molecule has 0 radical (unpaired) electrons. The number of rotatable bonds is 4. The van der Waals surface area contributed by atoms with Crippen molar-refractivity contribution >= 4 is 16.0 Å². The highest BCUT2D eigenvalue weighted by atomic mass is 32.2. The number of sulfonamides is 1. The van der Waals surface area contributed by atoms with Crippen molar-refractivity contribution in [3.05, 3.63) is 29.6 Å². The largest absolute Gasteiger partial charge is 0.480 e. The molecule has 0 saturated heterocycles. The lowest BCUT2D eigenvalue weighted by molar-refractivity contribution is -0.143. The van der Waals surface area contributed by atoms with Crippen molar-refractivity contribution in [2.24, 2.45) is 0 Å². The normalized spacial score (nSPS) is 18.1. The molecular formula is C13H16FNO4S. The summed E-state index contributed by atoms with van der Waals surface area (Å²) in [6, 6.07) is 3.42. The second-order valence-corrected chi connectivity index (χ2v) is 6.76. The van der Waals surface area contributed by atoms with Crippen molar-refractivity contribution in [3.63, 3.8) is 0 Å². The molecule has 20 heavy (non-hydrogen) atoms. The van der Waals surface area contributed by atoms with E-state index in [1.54, 1.807) is 0 Å². The Morgan fingerprint density at radius 3 is 2.50 bits per heavy atom. The number of carboxylic acid groups (broad SMARTS) is 1. The molecule has 1 aromatic carbocycles. The average molecular weight is 301 g/mol. The van der Waals surface area contributed by atoms with Crippen molar-refractivity contribution in [2.75, 3.05) is 0 Å². The van der Waals surface area contributed by atoms with E-state index in [4.69, 9.17) is 0 Å². The molecule has 0 aromatic heterocycles. The van der Waals surface area contributed by atoms with Gasteiger partial charge in [-0.3, -0.25) is 4.79 Å². The SMILES string of the molecule is Cc1ccc(F)cc1S(=O)(=O)NC1(C(=O)O)CCCC1. The summed E-state index contributed by atoms with van der Waals surface area (Å²) in [4.78, 5) is 11.2. The van der Waals surface area contributed by atoms with Crippen LogP contribution in [-0.4, -0.2) is 25.0 Å². The highest BCUT2D eigenvalue weighted by Crippen LogP contribution is 2.32. The Morgan fingerprint density at radius 2 is 1.95 bits per heavy atom. The average Bonchev–Trinajstić information content (AvgIpc) is 2.81. The molecule has 2 rings (SSSR count). The molecule has 1 aliphatic carbocycles. The summed E-state index contributed by atoms with van der Waals surface area (Å²) in [5.41, 5.74) is -1.10. The number of hydrogen-bond donors (Lipinski definition) is 2. The smallest absolute Gasteiger partial charge is 0.324 e. The summed E-state index contributed by atoms with van der Waals surface area (Å²) < 4.78 is 40.2. The van der Waals surface area contributed by atoms with Gasteiger partial charge in [-0.15, -0.1) is 0 Å². The molecule has 1 aliphatic rings. The Hall–Kier alpha value is -1.47. The van der Waals surface area contributed by atoms with Gasteiger partial charge in [-0.25, -0.2) is 12.8 Å². The maximum Gasteiger partial charge on any atom is 0.324 e. The highest BCUT2D eigenvalue weighted by Gasteiger charge is 2.44. The van der Waals surface area contributed by atoms with Gasteiger partial charge in [-0.2, -0.15) is 4.72 Å². The maximum atomic E-state index is 13.2. The van der Waals surface area contributed by atoms with Crippen LogP contribution < -0.4 is 4.72 Å². The van der Waals surface area contributed by atoms with Crippen LogP contribution in [0.15, 0.2) is 23.1 Å². The molecular weight excluding hydrogens is 285 g/mol. The predicted molar refractivity (Wildman–Crippen MR) is 70.3 cm³/mol. The minimum atomic E-state index is -4.07. The molecule has 0 heterocycles. The van der Waals surface area contributed by atoms with Gasteiger partial charge in [0.1, 0.15) is 11.4 Å². The molecule has 2 N–H and O–H groups in total. The van der Waals surface area contributed by atoms with E-state index in [1.165, 1.54) is 13.0 Å². The Bertz CT molecular complexity index is 636. The molecule has 0 spiro atoms. The number of halogens is 1. The van der Waals surface area contributed by atoms with Crippen molar-refractivity contribution in [1.29, 1.82) is 0 Å². The number of aliphatic carboxylic acids is 1. The molecule has 5 nitrogen and oxygen atoms in total. The molecule has 0 bridgehead atoms. The van der Waals surface area contributed by atoms with Crippen LogP contribution in [0.1, 0.15) is 31.2 Å². The number of carbonyl (C=O) groups is 1. The summed E-state index contributed by atoms with van der Waals surface area (Å²) in [5.74, 6) is -1.86. The van der Waals surface area contributed by atoms with Gasteiger partial charge in [-0.1, -0.05) is 18.9 Å². The fourth-order valence-electron chi connectivity index (χ4n) is 2.51. The summed E-state index contributed by atoms with van der Waals surface area (Å²) >= 11 is 0. The van der Waals surface area contributed by atoms with Crippen LogP contribution in [0.5, 0.6) is 0 Å². The van der Waals surface area contributed by atoms with Crippen molar-refractivity contribution in [2.45, 2.75) is 43.0 Å². The monoisotopic (exact) mass is 301 g/mol. The van der Waals surface area contributed by atoms with E-state index in [2.05, 4.69) is 4.72 Å². The molecule has 110 valence electrons. The van der Waals surface area contributed by atoms with Crippen LogP contribution in [-0.2, 0) is 14.8 Å². The first-order valence-corrected chi connectivity index (χ1v) is 7.79. The van der Waals surface area contributed by atoms with Crippen LogP contribution in [0.2, 0.25) is 0 Å². The van der Waals surface area contributed by atoms with E-state index in [0.29, 0.717) is 18.4 Å². The van der Waals surface area contributed by atoms with Gasteiger partial charge in [0.25, 0.3) is 0 Å². The fourth-order valence-corrected chi connectivity index (χ4v) is 4.19. The third kappa shape index (κ3) is 2.69. The summed E-state index contributed by atoms with van der Waals surface area (Å²) in [7, 11) is -4.07. The first kappa shape index (κ1) is 14.9. The quantitative estimate of drug-likeness (QED) is 0.888. The van der Waals surface area contributed by atoms with Crippen LogP contribution in [0.3, 0.4) is 0 Å². The standard InChI is InChI=1S/C13H16FNO4S/c1-9-4-5-10(14)8-11(9)20(18,19)15-13(12(16)17)6-2-3-7-13/h4-5,8,15H,2-3,6-7H2,1H3,(H,16,17). The van der Waals surface area contributed by atoms with Crippen LogP contribution in [0.25, 0.3) is 0 Å². The lowest BCUT2D eigenvalue weighted by Crippen LogP contribution is -2.52. The Balaban J connectivity index is 2.40. The van der Waals surface area contributed by atoms with Crippen LogP contribution in [0.4, 0.5) is 4.39 Å². The minimum Gasteiger partial charge on any atom is -0.480 e. The Kier molecular flexibility index (Phi) is 3.84. The lowest BCUT2D eigenvalue weighted by Gasteiger charge is -2.25. The van der Waals surface area contributed by atoms with Gasteiger partial charge < -0.3 is 5.11 Å². The molecule has 1 aromatic rings. The van der Waals surface area contributed by atoms with E-state index in [-0.39, 0.29) is 17.7 Å². The summed E-state index contributed by atoms with van der Waals surface area (Å²) in [6.07, 6.45) is 1.79. The summed E-state index contributed by atoms with van der Waals surface area (Å²) in [5, 5.41) is 9.30. The number of hydrogen-bond acceptors (Lipinski definition) is 3. The van der Waals surface area contributed by atoms with Crippen LogP contribution >= 0.6 is 0 Å². The second-order valence-electron chi connectivity index (χ2n) is 5.11. The molecule has 0 atom stereocenters. The van der Waals surface area contributed by atoms with E-state index < -0.39 is 27.3 Å². The third-order valence-electron chi connectivity index (χ3n) is 3.64. The van der Waals surface area contributed by atoms with Gasteiger partial charge in [0, 0.05) is 0 Å². The van der Waals surface area contributed by atoms with Crippen molar-refractivity contribution in [1.82, 2.24) is 4.72 Å².